The van der Waals surface area contributed by atoms with Gasteiger partial charge < -0.3 is 9.90 Å². The maximum absolute atomic E-state index is 8.25. The third-order valence-corrected chi connectivity index (χ3v) is 1.64. The Hall–Kier alpha value is -0.310. The van der Waals surface area contributed by atoms with Crippen molar-refractivity contribution in [2.45, 2.75) is 26.2 Å². The molecule has 0 aromatic heterocycles. The second-order valence-electron chi connectivity index (χ2n) is 3.71. The molecule has 0 heterocycles. The fourth-order valence-electron chi connectivity index (χ4n) is 0.938. The average Bonchev–Trinajstić information content (AvgIpc) is 2.06. The van der Waals surface area contributed by atoms with E-state index in [1.165, 1.54) is 5.56 Å². The van der Waals surface area contributed by atoms with E-state index in [4.69, 9.17) is 9.90 Å². The van der Waals surface area contributed by atoms with Crippen molar-refractivity contribution in [3.8, 4) is 0 Å². The zero-order valence-electron chi connectivity index (χ0n) is 9.28. The first-order chi connectivity index (χ1) is 6.02. The molecule has 0 aliphatic rings. The van der Waals surface area contributed by atoms with Crippen molar-refractivity contribution in [2.24, 2.45) is 0 Å². The second kappa shape index (κ2) is 8.04. The number of carbonyl (C=O) groups excluding carboxylic acids is 1. The Morgan fingerprint density at radius 3 is 1.71 bits per heavy atom. The molecule has 3 heteroatoms. The van der Waals surface area contributed by atoms with E-state index in [0.717, 1.165) is 0 Å². The summed E-state index contributed by atoms with van der Waals surface area (Å²) in [6, 6.07) is 10.6. The molecule has 72 valence electrons. The van der Waals surface area contributed by atoms with Crippen molar-refractivity contribution >= 4 is 6.47 Å². The van der Waals surface area contributed by atoms with Gasteiger partial charge in [-0.25, -0.2) is 0 Å². The first kappa shape index (κ1) is 16.1. The van der Waals surface area contributed by atoms with E-state index < -0.39 is 6.47 Å². The van der Waals surface area contributed by atoms with Gasteiger partial charge in [-0.1, -0.05) is 51.1 Å². The predicted octanol–water partition coefficient (Wildman–Crippen LogP) is -1.65. The number of benzene rings is 1. The SMILES string of the molecule is CC(C)(C)c1ccccc1.O=C[O-].[Na+]. The second-order valence-corrected chi connectivity index (χ2v) is 3.71. The number of rotatable bonds is 0. The van der Waals surface area contributed by atoms with E-state index in [2.05, 4.69) is 51.1 Å². The zero-order valence-corrected chi connectivity index (χ0v) is 11.3. The molecule has 0 spiro atoms. The number of carbonyl (C=O) groups is 1. The zero-order chi connectivity index (χ0) is 10.3. The van der Waals surface area contributed by atoms with Crippen molar-refractivity contribution in [3.05, 3.63) is 35.9 Å². The Balaban J connectivity index is 0. The molecule has 0 aliphatic carbocycles. The molecule has 0 radical (unpaired) electrons. The van der Waals surface area contributed by atoms with E-state index in [0.29, 0.717) is 5.41 Å². The minimum atomic E-state index is -0.500. The molecule has 14 heavy (non-hydrogen) atoms. The van der Waals surface area contributed by atoms with Crippen LogP contribution in [0.1, 0.15) is 26.3 Å². The van der Waals surface area contributed by atoms with Crippen LogP contribution in [0.15, 0.2) is 30.3 Å². The molecule has 0 bridgehead atoms. The molecule has 0 aliphatic heterocycles. The van der Waals surface area contributed by atoms with E-state index in [9.17, 15) is 0 Å². The molecule has 0 saturated heterocycles. The van der Waals surface area contributed by atoms with Gasteiger partial charge in [-0.15, -0.1) is 0 Å². The Labute approximate surface area is 108 Å². The summed E-state index contributed by atoms with van der Waals surface area (Å²) < 4.78 is 0. The summed E-state index contributed by atoms with van der Waals surface area (Å²) in [5.74, 6) is 0. The first-order valence-corrected chi connectivity index (χ1v) is 4.13. The summed E-state index contributed by atoms with van der Waals surface area (Å²) >= 11 is 0. The third kappa shape index (κ3) is 7.13. The van der Waals surface area contributed by atoms with E-state index in [-0.39, 0.29) is 29.6 Å². The van der Waals surface area contributed by atoms with Crippen LogP contribution in [0.3, 0.4) is 0 Å². The summed E-state index contributed by atoms with van der Waals surface area (Å²) in [6.45, 7) is 6.17. The summed E-state index contributed by atoms with van der Waals surface area (Å²) in [6.07, 6.45) is 0. The first-order valence-electron chi connectivity index (χ1n) is 4.13. The van der Waals surface area contributed by atoms with Gasteiger partial charge in [-0.2, -0.15) is 0 Å². The average molecular weight is 202 g/mol. The Morgan fingerprint density at radius 2 is 1.50 bits per heavy atom. The van der Waals surface area contributed by atoms with Gasteiger partial charge >= 0.3 is 29.6 Å². The van der Waals surface area contributed by atoms with Crippen molar-refractivity contribution in [2.75, 3.05) is 0 Å². The van der Waals surface area contributed by atoms with Crippen molar-refractivity contribution in [1.82, 2.24) is 0 Å². The monoisotopic (exact) mass is 202 g/mol. The van der Waals surface area contributed by atoms with Crippen molar-refractivity contribution in [1.29, 1.82) is 0 Å². The fourth-order valence-corrected chi connectivity index (χ4v) is 0.938. The Bertz CT molecular complexity index is 239. The molecule has 0 N–H and O–H groups in total. The van der Waals surface area contributed by atoms with Gasteiger partial charge in [-0.3, -0.25) is 0 Å². The minimum Gasteiger partial charge on any atom is -0.554 e. The predicted molar refractivity (Wildman–Crippen MR) is 51.2 cm³/mol. The van der Waals surface area contributed by atoms with Crippen LogP contribution in [-0.4, -0.2) is 6.47 Å². The van der Waals surface area contributed by atoms with Crippen LogP contribution in [0, 0.1) is 0 Å². The van der Waals surface area contributed by atoms with Crippen LogP contribution in [0.4, 0.5) is 0 Å². The van der Waals surface area contributed by atoms with Crippen LogP contribution in [0.2, 0.25) is 0 Å². The van der Waals surface area contributed by atoms with Gasteiger partial charge in [0.1, 0.15) is 0 Å². The molecular weight excluding hydrogens is 187 g/mol. The van der Waals surface area contributed by atoms with Crippen molar-refractivity contribution < 1.29 is 39.5 Å². The summed E-state index contributed by atoms with van der Waals surface area (Å²) in [5, 5.41) is 8.25. The molecule has 0 fully saturated rings. The number of hydrogen-bond acceptors (Lipinski definition) is 2. The van der Waals surface area contributed by atoms with E-state index in [1.54, 1.807) is 0 Å². The van der Waals surface area contributed by atoms with Crippen molar-refractivity contribution in [3.63, 3.8) is 0 Å². The molecule has 0 atom stereocenters. The maximum atomic E-state index is 8.25. The standard InChI is InChI=1S/C10H14.CH2O2.Na/c1-10(2,3)9-7-5-4-6-8-9;2-1-3;/h4-8H,1-3H3;1H,(H,2,3);/q;;+1/p-1. The number of carboxylic acid groups (broad SMARTS) is 1. The quantitative estimate of drug-likeness (QED) is 0.374. The van der Waals surface area contributed by atoms with Gasteiger partial charge in [0.05, 0.1) is 0 Å². The van der Waals surface area contributed by atoms with Gasteiger partial charge in [0.2, 0.25) is 0 Å². The third-order valence-electron chi connectivity index (χ3n) is 1.64. The molecule has 1 aromatic rings. The largest absolute Gasteiger partial charge is 1.00 e. The smallest absolute Gasteiger partial charge is 0.554 e. The van der Waals surface area contributed by atoms with Crippen LogP contribution in [0.5, 0.6) is 0 Å². The van der Waals surface area contributed by atoms with Gasteiger partial charge in [0, 0.05) is 6.47 Å². The number of hydrogen-bond donors (Lipinski definition) is 0. The fraction of sp³-hybridized carbons (Fsp3) is 0.364. The van der Waals surface area contributed by atoms with E-state index >= 15 is 0 Å². The molecule has 0 saturated carbocycles. The van der Waals surface area contributed by atoms with Gasteiger partial charge in [0.15, 0.2) is 0 Å². The van der Waals surface area contributed by atoms with Crippen LogP contribution in [0.25, 0.3) is 0 Å². The van der Waals surface area contributed by atoms with Crippen LogP contribution in [-0.2, 0) is 10.2 Å². The van der Waals surface area contributed by atoms with Crippen LogP contribution < -0.4 is 34.7 Å². The molecular formula is C11H15NaO2. The molecule has 0 amide bonds. The summed E-state index contributed by atoms with van der Waals surface area (Å²) in [4.78, 5) is 8.25. The summed E-state index contributed by atoms with van der Waals surface area (Å²) in [7, 11) is 0. The minimum absolute atomic E-state index is 0. The normalized spacial score (nSPS) is 9.07. The molecule has 2 nitrogen and oxygen atoms in total. The molecule has 0 unspecified atom stereocenters. The maximum Gasteiger partial charge on any atom is 1.00 e. The Morgan fingerprint density at radius 1 is 1.14 bits per heavy atom. The topological polar surface area (TPSA) is 40.1 Å². The van der Waals surface area contributed by atoms with Crippen LogP contribution >= 0.6 is 0 Å². The van der Waals surface area contributed by atoms with E-state index in [1.807, 2.05) is 0 Å². The molecule has 1 rings (SSSR count). The summed E-state index contributed by atoms with van der Waals surface area (Å²) in [5.41, 5.74) is 1.69. The Kier molecular flexibility index (Phi) is 9.26. The van der Waals surface area contributed by atoms with Gasteiger partial charge in [0.25, 0.3) is 0 Å². The molecule has 1 aromatic carbocycles. The van der Waals surface area contributed by atoms with Gasteiger partial charge in [-0.05, 0) is 11.0 Å².